The lowest BCUT2D eigenvalue weighted by atomic mass is 10.1. The highest BCUT2D eigenvalue weighted by Gasteiger charge is 2.31. The van der Waals surface area contributed by atoms with Gasteiger partial charge in [-0.15, -0.1) is 0 Å². The Morgan fingerprint density at radius 3 is 2.62 bits per heavy atom. The maximum absolute atomic E-state index is 13.5. The van der Waals surface area contributed by atoms with Gasteiger partial charge in [-0.2, -0.15) is 0 Å². The number of halogens is 1. The summed E-state index contributed by atoms with van der Waals surface area (Å²) < 4.78 is 26.4. The fourth-order valence-corrected chi connectivity index (χ4v) is 4.13. The van der Waals surface area contributed by atoms with Crippen molar-refractivity contribution in [3.8, 4) is 5.75 Å². The Morgan fingerprint density at radius 1 is 1.19 bits per heavy atom. The fourth-order valence-electron chi connectivity index (χ4n) is 4.13. The Kier molecular flexibility index (Phi) is 6.17. The second-order valence-electron chi connectivity index (χ2n) is 8.06. The molecule has 0 saturated heterocycles. The average molecular weight is 438 g/mol. The zero-order valence-corrected chi connectivity index (χ0v) is 18.6. The van der Waals surface area contributed by atoms with Crippen LogP contribution in [0.25, 0.3) is 10.9 Å². The van der Waals surface area contributed by atoms with Crippen LogP contribution in [0.3, 0.4) is 0 Å². The second kappa shape index (κ2) is 9.02. The van der Waals surface area contributed by atoms with Crippen LogP contribution in [0.2, 0.25) is 0 Å². The van der Waals surface area contributed by atoms with Crippen LogP contribution in [0.5, 0.6) is 5.75 Å². The highest BCUT2D eigenvalue weighted by molar-refractivity contribution is 6.07. The van der Waals surface area contributed by atoms with Crippen LogP contribution < -0.4 is 4.74 Å². The lowest BCUT2D eigenvalue weighted by Gasteiger charge is -2.21. The van der Waals surface area contributed by atoms with Crippen molar-refractivity contribution in [2.75, 3.05) is 20.3 Å². The largest absolute Gasteiger partial charge is 0.497 e. The molecule has 1 amide bonds. The van der Waals surface area contributed by atoms with E-state index >= 15 is 0 Å². The number of likely N-dealkylation sites (N-methyl/N-ethyl adjacent to an activating group) is 1. The van der Waals surface area contributed by atoms with E-state index in [9.17, 15) is 14.0 Å². The first-order chi connectivity index (χ1) is 15.4. The lowest BCUT2D eigenvalue weighted by Crippen LogP contribution is -2.34. The maximum atomic E-state index is 13.5. The Bertz CT molecular complexity index is 1170. The Morgan fingerprint density at radius 2 is 1.97 bits per heavy atom. The molecule has 2 aromatic carbocycles. The molecule has 0 aliphatic heterocycles. The molecule has 1 heterocycles. The Labute approximate surface area is 186 Å². The van der Waals surface area contributed by atoms with Crippen molar-refractivity contribution in [1.82, 2.24) is 9.47 Å². The number of benzene rings is 2. The number of hydrogen-bond donors (Lipinski definition) is 0. The summed E-state index contributed by atoms with van der Waals surface area (Å²) in [4.78, 5) is 27.3. The summed E-state index contributed by atoms with van der Waals surface area (Å²) in [5, 5.41) is 0.762. The number of fused-ring (bicyclic) bond motifs is 1. The van der Waals surface area contributed by atoms with Gasteiger partial charge >= 0.3 is 5.97 Å². The molecule has 1 saturated carbocycles. The molecule has 0 N–H and O–H groups in total. The SMILES string of the molecule is CCN(Cc1cccc(F)c1)C(=O)COC(=O)c1c(C)n(C2CC2)c2ccc(OC)cc12. The smallest absolute Gasteiger partial charge is 0.341 e. The van der Waals surface area contributed by atoms with Crippen LogP contribution in [0.15, 0.2) is 42.5 Å². The van der Waals surface area contributed by atoms with Crippen molar-refractivity contribution in [3.05, 3.63) is 65.1 Å². The number of carbonyl (C=O) groups excluding carboxylic acids is 2. The van der Waals surface area contributed by atoms with Crippen molar-refractivity contribution in [2.24, 2.45) is 0 Å². The van der Waals surface area contributed by atoms with Gasteiger partial charge in [0.05, 0.1) is 12.7 Å². The van der Waals surface area contributed by atoms with E-state index in [4.69, 9.17) is 9.47 Å². The van der Waals surface area contributed by atoms with Crippen LogP contribution >= 0.6 is 0 Å². The third-order valence-corrected chi connectivity index (χ3v) is 5.90. The van der Waals surface area contributed by atoms with Crippen LogP contribution in [0, 0.1) is 12.7 Å². The number of amides is 1. The van der Waals surface area contributed by atoms with E-state index in [1.54, 1.807) is 19.2 Å². The molecule has 0 unspecified atom stereocenters. The maximum Gasteiger partial charge on any atom is 0.341 e. The van der Waals surface area contributed by atoms with E-state index < -0.39 is 5.97 Å². The number of ether oxygens (including phenoxy) is 2. The summed E-state index contributed by atoms with van der Waals surface area (Å²) in [6.45, 7) is 4.04. The third kappa shape index (κ3) is 4.33. The van der Waals surface area contributed by atoms with Gasteiger partial charge in [0.1, 0.15) is 11.6 Å². The highest BCUT2D eigenvalue weighted by Crippen LogP contribution is 2.42. The second-order valence-corrected chi connectivity index (χ2v) is 8.06. The monoisotopic (exact) mass is 438 g/mol. The number of rotatable bonds is 8. The van der Waals surface area contributed by atoms with Crippen LogP contribution in [0.1, 0.15) is 47.4 Å². The van der Waals surface area contributed by atoms with E-state index in [2.05, 4.69) is 4.57 Å². The molecule has 32 heavy (non-hydrogen) atoms. The highest BCUT2D eigenvalue weighted by atomic mass is 19.1. The van der Waals surface area contributed by atoms with Crippen LogP contribution in [0.4, 0.5) is 4.39 Å². The van der Waals surface area contributed by atoms with Crippen molar-refractivity contribution >= 4 is 22.8 Å². The van der Waals surface area contributed by atoms with Gasteiger partial charge in [-0.05, 0) is 62.6 Å². The van der Waals surface area contributed by atoms with E-state index in [1.807, 2.05) is 32.0 Å². The van der Waals surface area contributed by atoms with Crippen LogP contribution in [-0.2, 0) is 16.1 Å². The van der Waals surface area contributed by atoms with Gasteiger partial charge in [0.2, 0.25) is 0 Å². The molecule has 4 rings (SSSR count). The first-order valence-corrected chi connectivity index (χ1v) is 10.8. The van der Waals surface area contributed by atoms with Gasteiger partial charge in [-0.1, -0.05) is 12.1 Å². The van der Waals surface area contributed by atoms with E-state index in [0.717, 1.165) is 29.4 Å². The summed E-state index contributed by atoms with van der Waals surface area (Å²) in [7, 11) is 1.58. The molecular weight excluding hydrogens is 411 g/mol. The Balaban J connectivity index is 1.52. The molecule has 168 valence electrons. The first-order valence-electron chi connectivity index (χ1n) is 10.8. The molecule has 0 atom stereocenters. The number of esters is 1. The predicted octanol–water partition coefficient (Wildman–Crippen LogP) is 4.64. The van der Waals surface area contributed by atoms with Crippen molar-refractivity contribution in [2.45, 2.75) is 39.3 Å². The molecule has 1 aliphatic rings. The summed E-state index contributed by atoms with van der Waals surface area (Å²) in [5.41, 5.74) is 2.94. The molecule has 1 aliphatic carbocycles. The van der Waals surface area contributed by atoms with E-state index in [-0.39, 0.29) is 24.9 Å². The topological polar surface area (TPSA) is 60.8 Å². The molecule has 3 aromatic rings. The number of methoxy groups -OCH3 is 1. The molecule has 6 nitrogen and oxygen atoms in total. The van der Waals surface area contributed by atoms with E-state index in [0.29, 0.717) is 29.5 Å². The quantitative estimate of drug-likeness (QED) is 0.481. The van der Waals surface area contributed by atoms with Gasteiger partial charge in [-0.3, -0.25) is 4.79 Å². The number of hydrogen-bond acceptors (Lipinski definition) is 4. The third-order valence-electron chi connectivity index (χ3n) is 5.90. The normalized spacial score (nSPS) is 13.2. The molecule has 1 fully saturated rings. The first kappa shape index (κ1) is 21.9. The van der Waals surface area contributed by atoms with Gasteiger partial charge < -0.3 is 18.9 Å². The molecule has 7 heteroatoms. The number of aromatic nitrogens is 1. The minimum absolute atomic E-state index is 0.252. The summed E-state index contributed by atoms with van der Waals surface area (Å²) in [5.74, 6) is -0.556. The molecular formula is C25H27FN2O4. The zero-order valence-electron chi connectivity index (χ0n) is 18.6. The molecule has 1 aromatic heterocycles. The molecule has 0 radical (unpaired) electrons. The summed E-state index contributed by atoms with van der Waals surface area (Å²) in [6.07, 6.45) is 2.16. The minimum atomic E-state index is -0.532. The Hall–Kier alpha value is -3.35. The fraction of sp³-hybridized carbons (Fsp3) is 0.360. The van der Waals surface area contributed by atoms with Crippen molar-refractivity contribution in [3.63, 3.8) is 0 Å². The average Bonchev–Trinajstić information content (AvgIpc) is 3.57. The summed E-state index contributed by atoms with van der Waals surface area (Å²) in [6, 6.07) is 12.2. The van der Waals surface area contributed by atoms with Crippen LogP contribution in [-0.4, -0.2) is 41.6 Å². The van der Waals surface area contributed by atoms with Crippen molar-refractivity contribution < 1.29 is 23.5 Å². The number of nitrogens with zero attached hydrogens (tertiary/aromatic N) is 2. The molecule has 0 spiro atoms. The summed E-state index contributed by atoms with van der Waals surface area (Å²) >= 11 is 0. The molecule has 0 bridgehead atoms. The zero-order chi connectivity index (χ0) is 22.8. The van der Waals surface area contributed by atoms with Gasteiger partial charge in [0.25, 0.3) is 5.91 Å². The van der Waals surface area contributed by atoms with Gasteiger partial charge in [0, 0.05) is 35.7 Å². The van der Waals surface area contributed by atoms with E-state index in [1.165, 1.54) is 17.0 Å². The standard InChI is InChI=1S/C25H27FN2O4/c1-4-27(14-17-6-5-7-18(26)12-17)23(29)15-32-25(30)24-16(2)28(19-8-9-19)22-11-10-20(31-3)13-21(22)24/h5-7,10-13,19H,4,8-9,14-15H2,1-3H3. The number of carbonyl (C=O) groups is 2. The predicted molar refractivity (Wildman–Crippen MR) is 119 cm³/mol. The van der Waals surface area contributed by atoms with Crippen molar-refractivity contribution in [1.29, 1.82) is 0 Å². The minimum Gasteiger partial charge on any atom is -0.497 e. The lowest BCUT2D eigenvalue weighted by molar-refractivity contribution is -0.134. The van der Waals surface area contributed by atoms with Gasteiger partial charge in [0.15, 0.2) is 6.61 Å². The van der Waals surface area contributed by atoms with Gasteiger partial charge in [-0.25, -0.2) is 9.18 Å².